The molecule has 0 aliphatic carbocycles. The number of halogens is 1. The Bertz CT molecular complexity index is 944. The maximum atomic E-state index is 9.55. The van der Waals surface area contributed by atoms with E-state index < -0.39 is 0 Å². The van der Waals surface area contributed by atoms with E-state index in [1.54, 1.807) is 0 Å². The number of aryl methyl sites for hydroxylation is 1. The lowest BCUT2D eigenvalue weighted by atomic mass is 10.1. The van der Waals surface area contributed by atoms with Crippen LogP contribution < -0.4 is 4.90 Å². The maximum Gasteiger partial charge on any atom is 0.149 e. The summed E-state index contributed by atoms with van der Waals surface area (Å²) in [6.07, 6.45) is 1.87. The lowest BCUT2D eigenvalue weighted by Gasteiger charge is -2.20. The molecule has 0 amide bonds. The summed E-state index contributed by atoms with van der Waals surface area (Å²) >= 11 is 0. The van der Waals surface area contributed by atoms with E-state index >= 15 is 0 Å². The highest BCUT2D eigenvalue weighted by atomic mass is 35.5. The topological polar surface area (TPSA) is 55.7 Å². The van der Waals surface area contributed by atoms with Crippen LogP contribution >= 0.6 is 12.4 Å². The van der Waals surface area contributed by atoms with Crippen molar-refractivity contribution in [3.63, 3.8) is 0 Å². The van der Waals surface area contributed by atoms with Crippen LogP contribution in [0.1, 0.15) is 30.8 Å². The van der Waals surface area contributed by atoms with Gasteiger partial charge in [0.15, 0.2) is 0 Å². The molecule has 134 valence electrons. The number of anilines is 1. The third-order valence-electron chi connectivity index (χ3n) is 4.35. The Morgan fingerprint density at radius 2 is 1.85 bits per heavy atom. The van der Waals surface area contributed by atoms with Gasteiger partial charge in [-0.3, -0.25) is 0 Å². The zero-order chi connectivity index (χ0) is 17.8. The Balaban J connectivity index is 0.00000243. The van der Waals surface area contributed by atoms with Crippen molar-refractivity contribution < 1.29 is 0 Å². The van der Waals surface area contributed by atoms with E-state index in [2.05, 4.69) is 46.9 Å². The summed E-state index contributed by atoms with van der Waals surface area (Å²) in [6.45, 7) is 8.29. The van der Waals surface area contributed by atoms with Crippen LogP contribution in [0.4, 0.5) is 5.69 Å². The Morgan fingerprint density at radius 1 is 1.15 bits per heavy atom. The van der Waals surface area contributed by atoms with Crippen molar-refractivity contribution in [1.82, 2.24) is 9.97 Å². The fraction of sp³-hybridized carbons (Fsp3) is 0.238. The predicted molar refractivity (Wildman–Crippen MR) is 112 cm³/mol. The number of nitriles is 1. The highest BCUT2D eigenvalue weighted by molar-refractivity contribution is 5.90. The first-order valence-electron chi connectivity index (χ1n) is 8.58. The molecule has 0 bridgehead atoms. The summed E-state index contributed by atoms with van der Waals surface area (Å²) in [5, 5.41) is 9.55. The Kier molecular flexibility index (Phi) is 6.43. The second-order valence-electron chi connectivity index (χ2n) is 6.04. The molecule has 0 unspecified atom stereocenters. The van der Waals surface area contributed by atoms with E-state index in [9.17, 15) is 5.26 Å². The van der Waals surface area contributed by atoms with E-state index in [4.69, 9.17) is 0 Å². The van der Waals surface area contributed by atoms with Gasteiger partial charge in [-0.05, 0) is 62.2 Å². The van der Waals surface area contributed by atoms with Gasteiger partial charge in [-0.1, -0.05) is 18.2 Å². The van der Waals surface area contributed by atoms with E-state index in [1.165, 1.54) is 5.69 Å². The normalized spacial score (nSPS) is 11.1. The van der Waals surface area contributed by atoms with Crippen molar-refractivity contribution >= 4 is 40.8 Å². The highest BCUT2D eigenvalue weighted by Crippen LogP contribution is 2.21. The predicted octanol–water partition coefficient (Wildman–Crippen LogP) is 5.20. The summed E-state index contributed by atoms with van der Waals surface area (Å²) in [4.78, 5) is 10.1. The second-order valence-corrected chi connectivity index (χ2v) is 6.04. The molecule has 5 heteroatoms. The summed E-state index contributed by atoms with van der Waals surface area (Å²) in [5.74, 6) is 0.607. The number of aromatic amines is 1. The summed E-state index contributed by atoms with van der Waals surface area (Å²) in [7, 11) is 0. The first-order chi connectivity index (χ1) is 12.1. The van der Waals surface area contributed by atoms with Gasteiger partial charge in [0.2, 0.25) is 0 Å². The van der Waals surface area contributed by atoms with Gasteiger partial charge in [0, 0.05) is 18.8 Å². The number of allylic oxidation sites excluding steroid dienone is 1. The lowest BCUT2D eigenvalue weighted by molar-refractivity contribution is 0.866. The number of H-pyrrole nitrogens is 1. The van der Waals surface area contributed by atoms with Crippen molar-refractivity contribution in [2.24, 2.45) is 0 Å². The molecule has 0 spiro atoms. The molecule has 4 nitrogen and oxygen atoms in total. The number of aromatic nitrogens is 2. The van der Waals surface area contributed by atoms with Crippen molar-refractivity contribution in [1.29, 1.82) is 5.26 Å². The molecule has 0 saturated carbocycles. The number of hydrogen-bond acceptors (Lipinski definition) is 3. The largest absolute Gasteiger partial charge is 0.372 e. The van der Waals surface area contributed by atoms with Gasteiger partial charge in [-0.25, -0.2) is 4.98 Å². The average Bonchev–Trinajstić information content (AvgIpc) is 3.04. The van der Waals surface area contributed by atoms with Crippen molar-refractivity contribution in [3.8, 4) is 6.07 Å². The second kappa shape index (κ2) is 8.55. The molecule has 1 N–H and O–H groups in total. The molecule has 0 fully saturated rings. The molecule has 1 aromatic heterocycles. The van der Waals surface area contributed by atoms with Crippen molar-refractivity contribution in [2.45, 2.75) is 20.8 Å². The van der Waals surface area contributed by atoms with Gasteiger partial charge in [0.25, 0.3) is 0 Å². The molecular formula is C21H23ClN4. The number of nitrogens with zero attached hydrogens (tertiary/aromatic N) is 3. The zero-order valence-electron chi connectivity index (χ0n) is 15.3. The average molecular weight is 367 g/mol. The minimum Gasteiger partial charge on any atom is -0.372 e. The van der Waals surface area contributed by atoms with Crippen LogP contribution in [0.2, 0.25) is 0 Å². The van der Waals surface area contributed by atoms with Gasteiger partial charge < -0.3 is 9.88 Å². The van der Waals surface area contributed by atoms with Gasteiger partial charge in [-0.15, -0.1) is 12.4 Å². The molecule has 1 heterocycles. The third kappa shape index (κ3) is 4.07. The number of rotatable bonds is 5. The molecule has 0 saturated heterocycles. The van der Waals surface area contributed by atoms with E-state index in [0.717, 1.165) is 35.2 Å². The highest BCUT2D eigenvalue weighted by Gasteiger charge is 2.08. The van der Waals surface area contributed by atoms with E-state index in [0.29, 0.717) is 11.4 Å². The molecule has 0 radical (unpaired) electrons. The van der Waals surface area contributed by atoms with Crippen LogP contribution in [-0.2, 0) is 0 Å². The summed E-state index contributed by atoms with van der Waals surface area (Å²) in [5.41, 5.74) is 5.71. The Labute approximate surface area is 160 Å². The van der Waals surface area contributed by atoms with Crippen LogP contribution in [-0.4, -0.2) is 23.1 Å². The minimum atomic E-state index is 0. The quantitative estimate of drug-likeness (QED) is 0.631. The smallest absolute Gasteiger partial charge is 0.149 e. The fourth-order valence-corrected chi connectivity index (χ4v) is 2.94. The summed E-state index contributed by atoms with van der Waals surface area (Å²) in [6, 6.07) is 16.6. The van der Waals surface area contributed by atoms with Gasteiger partial charge in [0.05, 0.1) is 16.6 Å². The van der Waals surface area contributed by atoms with Crippen LogP contribution in [0.3, 0.4) is 0 Å². The Morgan fingerprint density at radius 3 is 2.46 bits per heavy atom. The number of imidazole rings is 1. The molecule has 26 heavy (non-hydrogen) atoms. The van der Waals surface area contributed by atoms with E-state index in [-0.39, 0.29) is 12.4 Å². The zero-order valence-corrected chi connectivity index (χ0v) is 16.1. The van der Waals surface area contributed by atoms with Crippen LogP contribution in [0.5, 0.6) is 0 Å². The van der Waals surface area contributed by atoms with Crippen LogP contribution in [0.25, 0.3) is 22.7 Å². The van der Waals surface area contributed by atoms with Crippen molar-refractivity contribution in [3.05, 3.63) is 59.4 Å². The maximum absolute atomic E-state index is 9.55. The standard InChI is InChI=1S/C21H22N4.ClH/c1-4-25(5-2)18-9-7-16(8-10-18)13-17(14-22)21-23-19-11-6-15(3)12-20(19)24-21;/h6-13H,4-5H2,1-3H3,(H,23,24);1H/b17-13+;. The van der Waals surface area contributed by atoms with Gasteiger partial charge in [-0.2, -0.15) is 5.26 Å². The molecule has 2 aromatic carbocycles. The van der Waals surface area contributed by atoms with Gasteiger partial charge >= 0.3 is 0 Å². The Hall–Kier alpha value is -2.77. The first kappa shape index (κ1) is 19.6. The first-order valence-corrected chi connectivity index (χ1v) is 8.58. The van der Waals surface area contributed by atoms with Gasteiger partial charge in [0.1, 0.15) is 11.9 Å². The third-order valence-corrected chi connectivity index (χ3v) is 4.35. The molecular weight excluding hydrogens is 344 g/mol. The van der Waals surface area contributed by atoms with Crippen molar-refractivity contribution in [2.75, 3.05) is 18.0 Å². The molecule has 0 aliphatic heterocycles. The SMILES string of the molecule is CCN(CC)c1ccc(/C=C(\C#N)c2nc3ccc(C)cc3[nH]2)cc1.Cl. The minimum absolute atomic E-state index is 0. The molecule has 3 aromatic rings. The lowest BCUT2D eigenvalue weighted by Crippen LogP contribution is -2.21. The monoisotopic (exact) mass is 366 g/mol. The molecule has 0 aliphatic rings. The fourth-order valence-electron chi connectivity index (χ4n) is 2.94. The van der Waals surface area contributed by atoms with Crippen LogP contribution in [0.15, 0.2) is 42.5 Å². The summed E-state index contributed by atoms with van der Waals surface area (Å²) < 4.78 is 0. The number of hydrogen-bond donors (Lipinski definition) is 1. The number of fused-ring (bicyclic) bond motifs is 1. The number of nitrogens with one attached hydrogen (secondary N) is 1. The molecule has 3 rings (SSSR count). The van der Waals surface area contributed by atoms with E-state index in [1.807, 2.05) is 43.3 Å². The van der Waals surface area contributed by atoms with Crippen LogP contribution in [0, 0.1) is 18.3 Å². The number of benzene rings is 2. The molecule has 0 atom stereocenters.